The zero-order valence-corrected chi connectivity index (χ0v) is 21.9. The van der Waals surface area contributed by atoms with Gasteiger partial charge in [0.15, 0.2) is 0 Å². The molecular formula is C28H39N5O4. The molecule has 0 saturated carbocycles. The molecule has 0 bridgehead atoms. The third-order valence-electron chi connectivity index (χ3n) is 6.91. The normalized spacial score (nSPS) is 18.8. The van der Waals surface area contributed by atoms with E-state index in [1.54, 1.807) is 6.07 Å². The Labute approximate surface area is 219 Å². The van der Waals surface area contributed by atoms with Gasteiger partial charge in [-0.1, -0.05) is 18.2 Å². The Hall–Kier alpha value is -3.30. The number of carbonyl (C=O) groups is 2. The van der Waals surface area contributed by atoms with Crippen LogP contribution in [0, 0.1) is 5.92 Å². The Morgan fingerprint density at radius 3 is 2.59 bits per heavy atom. The van der Waals surface area contributed by atoms with Crippen LogP contribution in [0.15, 0.2) is 48.5 Å². The van der Waals surface area contributed by atoms with Gasteiger partial charge in [-0.2, -0.15) is 0 Å². The molecule has 37 heavy (non-hydrogen) atoms. The molecule has 2 saturated heterocycles. The van der Waals surface area contributed by atoms with E-state index in [2.05, 4.69) is 44.5 Å². The fourth-order valence-corrected chi connectivity index (χ4v) is 4.90. The molecule has 2 aromatic carbocycles. The molecule has 200 valence electrons. The van der Waals surface area contributed by atoms with Gasteiger partial charge >= 0.3 is 6.09 Å². The number of rotatable bonds is 9. The highest BCUT2D eigenvalue weighted by Crippen LogP contribution is 2.24. The van der Waals surface area contributed by atoms with Crippen molar-refractivity contribution in [3.05, 3.63) is 48.5 Å². The second-order valence-corrected chi connectivity index (χ2v) is 9.66. The Morgan fingerprint density at radius 1 is 1.00 bits per heavy atom. The largest absolute Gasteiger partial charge is 0.492 e. The van der Waals surface area contributed by atoms with Crippen LogP contribution in [-0.2, 0) is 9.53 Å². The van der Waals surface area contributed by atoms with Gasteiger partial charge in [0.1, 0.15) is 12.4 Å². The number of ether oxygens (including phenoxy) is 2. The second kappa shape index (κ2) is 13.3. The van der Waals surface area contributed by atoms with E-state index in [-0.39, 0.29) is 11.8 Å². The van der Waals surface area contributed by atoms with Crippen molar-refractivity contribution in [2.75, 3.05) is 81.6 Å². The summed E-state index contributed by atoms with van der Waals surface area (Å²) in [4.78, 5) is 31.8. The molecule has 1 unspecified atom stereocenters. The number of benzene rings is 2. The maximum absolute atomic E-state index is 12.7. The number of para-hydroxylation sites is 2. The molecule has 1 atom stereocenters. The van der Waals surface area contributed by atoms with Crippen molar-refractivity contribution in [3.63, 3.8) is 0 Å². The molecule has 2 aliphatic rings. The molecule has 2 aliphatic heterocycles. The predicted molar refractivity (Wildman–Crippen MR) is 147 cm³/mol. The van der Waals surface area contributed by atoms with Gasteiger partial charge in [0, 0.05) is 50.6 Å². The molecule has 0 aromatic heterocycles. The van der Waals surface area contributed by atoms with Crippen LogP contribution in [0.25, 0.3) is 0 Å². The summed E-state index contributed by atoms with van der Waals surface area (Å²) in [6.45, 7) is 8.81. The summed E-state index contributed by atoms with van der Waals surface area (Å²) in [6.07, 6.45) is 1.53. The van der Waals surface area contributed by atoms with Crippen molar-refractivity contribution in [3.8, 4) is 5.75 Å². The Morgan fingerprint density at radius 2 is 1.81 bits per heavy atom. The van der Waals surface area contributed by atoms with Crippen molar-refractivity contribution < 1.29 is 19.1 Å². The summed E-state index contributed by atoms with van der Waals surface area (Å²) in [5, 5.41) is 5.88. The number of piperidine rings is 1. The van der Waals surface area contributed by atoms with Crippen LogP contribution < -0.4 is 20.3 Å². The lowest BCUT2D eigenvalue weighted by Gasteiger charge is -2.36. The highest BCUT2D eigenvalue weighted by molar-refractivity contribution is 5.93. The van der Waals surface area contributed by atoms with Gasteiger partial charge in [0.05, 0.1) is 18.2 Å². The van der Waals surface area contributed by atoms with Crippen LogP contribution in [0.2, 0.25) is 0 Å². The summed E-state index contributed by atoms with van der Waals surface area (Å²) in [6, 6.07) is 15.4. The highest BCUT2D eigenvalue weighted by atomic mass is 16.5. The molecular weight excluding hydrogens is 470 g/mol. The van der Waals surface area contributed by atoms with Crippen LogP contribution in [0.3, 0.4) is 0 Å². The second-order valence-electron chi connectivity index (χ2n) is 9.66. The molecule has 2 aromatic rings. The van der Waals surface area contributed by atoms with Gasteiger partial charge in [-0.25, -0.2) is 4.79 Å². The zero-order chi connectivity index (χ0) is 26.0. The predicted octanol–water partition coefficient (Wildman–Crippen LogP) is 3.74. The van der Waals surface area contributed by atoms with Gasteiger partial charge in [-0.05, 0) is 63.7 Å². The molecule has 9 nitrogen and oxygen atoms in total. The van der Waals surface area contributed by atoms with Crippen molar-refractivity contribution in [2.24, 2.45) is 5.92 Å². The van der Waals surface area contributed by atoms with E-state index in [9.17, 15) is 9.59 Å². The highest BCUT2D eigenvalue weighted by Gasteiger charge is 2.24. The maximum atomic E-state index is 12.7. The van der Waals surface area contributed by atoms with Gasteiger partial charge in [-0.15, -0.1) is 0 Å². The van der Waals surface area contributed by atoms with Crippen LogP contribution in [-0.4, -0.2) is 87.9 Å². The number of amides is 2. The number of anilines is 3. The summed E-state index contributed by atoms with van der Waals surface area (Å²) < 4.78 is 10.9. The van der Waals surface area contributed by atoms with E-state index in [0.29, 0.717) is 31.2 Å². The quantitative estimate of drug-likeness (QED) is 0.533. The monoisotopic (exact) mass is 509 g/mol. The minimum atomic E-state index is -0.482. The third-order valence-corrected chi connectivity index (χ3v) is 6.91. The molecule has 2 fully saturated rings. The lowest BCUT2D eigenvalue weighted by molar-refractivity contribution is -0.121. The first kappa shape index (κ1) is 26.8. The zero-order valence-electron chi connectivity index (χ0n) is 21.9. The Balaban J connectivity index is 1.19. The first-order valence-electron chi connectivity index (χ1n) is 13.2. The van der Waals surface area contributed by atoms with Gasteiger partial charge < -0.3 is 24.6 Å². The Kier molecular flexibility index (Phi) is 9.62. The topological polar surface area (TPSA) is 86.4 Å². The standard InChI is InChI=1S/C28H39N5O4/c1-3-36-26-12-5-4-11-25(26)30-28(35)37-19-18-32-14-16-33(17-15-32)24-10-6-9-23(20-24)29-27(34)22-8-7-13-31(2)21-22/h4-6,9-12,20,22H,3,7-8,13-19,21H2,1-2H3,(H,29,34)(H,30,35). The van der Waals surface area contributed by atoms with E-state index in [4.69, 9.17) is 9.47 Å². The first-order chi connectivity index (χ1) is 18.0. The minimum absolute atomic E-state index is 0.0506. The van der Waals surface area contributed by atoms with E-state index in [1.165, 1.54) is 0 Å². The summed E-state index contributed by atoms with van der Waals surface area (Å²) in [5.74, 6) is 0.789. The molecule has 2 heterocycles. The lowest BCUT2D eigenvalue weighted by Crippen LogP contribution is -2.47. The van der Waals surface area contributed by atoms with Gasteiger partial charge in [-0.3, -0.25) is 15.0 Å². The number of piperazine rings is 1. The Bertz CT molecular complexity index is 1040. The molecule has 0 aliphatic carbocycles. The van der Waals surface area contributed by atoms with E-state index >= 15 is 0 Å². The number of likely N-dealkylation sites (tertiary alicyclic amines) is 1. The van der Waals surface area contributed by atoms with Gasteiger partial charge in [0.2, 0.25) is 5.91 Å². The van der Waals surface area contributed by atoms with Crippen LogP contribution in [0.1, 0.15) is 19.8 Å². The van der Waals surface area contributed by atoms with E-state index in [0.717, 1.165) is 63.5 Å². The average molecular weight is 510 g/mol. The van der Waals surface area contributed by atoms with Crippen LogP contribution in [0.4, 0.5) is 21.9 Å². The van der Waals surface area contributed by atoms with Crippen molar-refractivity contribution >= 4 is 29.1 Å². The van der Waals surface area contributed by atoms with E-state index in [1.807, 2.05) is 37.3 Å². The minimum Gasteiger partial charge on any atom is -0.492 e. The SMILES string of the molecule is CCOc1ccccc1NC(=O)OCCN1CCN(c2cccc(NC(=O)C3CCCN(C)C3)c2)CC1. The third kappa shape index (κ3) is 7.84. The number of nitrogens with one attached hydrogen (secondary N) is 2. The molecule has 4 rings (SSSR count). The molecule has 0 spiro atoms. The number of hydrogen-bond acceptors (Lipinski definition) is 7. The summed E-state index contributed by atoms with van der Waals surface area (Å²) >= 11 is 0. The lowest BCUT2D eigenvalue weighted by atomic mass is 9.97. The van der Waals surface area contributed by atoms with Crippen LogP contribution in [0.5, 0.6) is 5.75 Å². The molecule has 9 heteroatoms. The number of hydrogen-bond donors (Lipinski definition) is 2. The molecule has 0 radical (unpaired) electrons. The number of nitrogens with zero attached hydrogens (tertiary/aromatic N) is 3. The van der Waals surface area contributed by atoms with Gasteiger partial charge in [0.25, 0.3) is 0 Å². The summed E-state index contributed by atoms with van der Waals surface area (Å²) in [7, 11) is 2.07. The molecule has 2 amide bonds. The number of carbonyl (C=O) groups excluding carboxylic acids is 2. The van der Waals surface area contributed by atoms with Crippen molar-refractivity contribution in [1.82, 2.24) is 9.80 Å². The van der Waals surface area contributed by atoms with Crippen LogP contribution >= 0.6 is 0 Å². The smallest absolute Gasteiger partial charge is 0.411 e. The fraction of sp³-hybridized carbons (Fsp3) is 0.500. The fourth-order valence-electron chi connectivity index (χ4n) is 4.90. The van der Waals surface area contributed by atoms with E-state index < -0.39 is 6.09 Å². The summed E-state index contributed by atoms with van der Waals surface area (Å²) in [5.41, 5.74) is 2.57. The average Bonchev–Trinajstić information content (AvgIpc) is 2.90. The maximum Gasteiger partial charge on any atom is 0.411 e. The van der Waals surface area contributed by atoms with Crippen molar-refractivity contribution in [1.29, 1.82) is 0 Å². The molecule has 2 N–H and O–H groups in total. The van der Waals surface area contributed by atoms with Crippen molar-refractivity contribution in [2.45, 2.75) is 19.8 Å². The first-order valence-corrected chi connectivity index (χ1v) is 13.2.